The minimum Gasteiger partial charge on any atom is -0.385 e. The number of carbonyl (C=O) groups is 2. The molecule has 1 N–H and O–H groups in total. The van der Waals surface area contributed by atoms with Gasteiger partial charge in [0.05, 0.1) is 11.5 Å². The summed E-state index contributed by atoms with van der Waals surface area (Å²) in [7, 11) is -1.46. The summed E-state index contributed by atoms with van der Waals surface area (Å²) in [5, 5.41) is 2.65. The molecule has 8 heteroatoms. The van der Waals surface area contributed by atoms with Crippen LogP contribution in [0.15, 0.2) is 0 Å². The van der Waals surface area contributed by atoms with Crippen LogP contribution in [-0.4, -0.2) is 69.5 Å². The van der Waals surface area contributed by atoms with Crippen molar-refractivity contribution in [1.29, 1.82) is 0 Å². The lowest BCUT2D eigenvalue weighted by Gasteiger charge is -2.26. The fraction of sp³-hybridized carbons (Fsp3) is 0.846. The van der Waals surface area contributed by atoms with Crippen molar-refractivity contribution in [3.63, 3.8) is 0 Å². The SMILES string of the molecule is CCN(C(=O)CC(=O)NCCCOC)C1CCS(=O)(=O)C1. The number of methoxy groups -OCH3 is 1. The smallest absolute Gasteiger partial charge is 0.232 e. The minimum atomic E-state index is -3.04. The molecule has 1 heterocycles. The Balaban J connectivity index is 2.43. The minimum absolute atomic E-state index is 0.00202. The number of rotatable bonds is 8. The van der Waals surface area contributed by atoms with Crippen molar-refractivity contribution in [2.45, 2.75) is 32.2 Å². The van der Waals surface area contributed by atoms with Gasteiger partial charge in [0, 0.05) is 32.8 Å². The van der Waals surface area contributed by atoms with Crippen molar-refractivity contribution in [3.8, 4) is 0 Å². The predicted molar refractivity (Wildman–Crippen MR) is 78.6 cm³/mol. The van der Waals surface area contributed by atoms with Crippen LogP contribution in [0.25, 0.3) is 0 Å². The number of hydrogen-bond donors (Lipinski definition) is 1. The van der Waals surface area contributed by atoms with Crippen molar-refractivity contribution in [2.75, 3.05) is 38.3 Å². The van der Waals surface area contributed by atoms with Crippen LogP contribution < -0.4 is 5.32 Å². The maximum atomic E-state index is 12.1. The largest absolute Gasteiger partial charge is 0.385 e. The third-order valence-corrected chi connectivity index (χ3v) is 5.22. The molecule has 0 aliphatic carbocycles. The van der Waals surface area contributed by atoms with E-state index in [9.17, 15) is 18.0 Å². The molecule has 1 unspecified atom stereocenters. The second-order valence-corrected chi connectivity index (χ2v) is 7.34. The van der Waals surface area contributed by atoms with Crippen molar-refractivity contribution in [2.24, 2.45) is 0 Å². The lowest BCUT2D eigenvalue weighted by atomic mass is 10.2. The van der Waals surface area contributed by atoms with Gasteiger partial charge in [0.25, 0.3) is 0 Å². The van der Waals surface area contributed by atoms with Crippen molar-refractivity contribution >= 4 is 21.7 Å². The molecule has 0 radical (unpaired) electrons. The van der Waals surface area contributed by atoms with Crippen molar-refractivity contribution < 1.29 is 22.7 Å². The molecule has 2 amide bonds. The van der Waals surface area contributed by atoms with Crippen LogP contribution in [-0.2, 0) is 24.2 Å². The lowest BCUT2D eigenvalue weighted by molar-refractivity contribution is -0.137. The van der Waals surface area contributed by atoms with E-state index in [-0.39, 0.29) is 35.8 Å². The fourth-order valence-corrected chi connectivity index (χ4v) is 4.14. The number of nitrogens with one attached hydrogen (secondary N) is 1. The van der Waals surface area contributed by atoms with Crippen LogP contribution in [0, 0.1) is 0 Å². The Morgan fingerprint density at radius 2 is 2.10 bits per heavy atom. The monoisotopic (exact) mass is 320 g/mol. The maximum Gasteiger partial charge on any atom is 0.232 e. The Morgan fingerprint density at radius 3 is 2.62 bits per heavy atom. The molecule has 0 aromatic heterocycles. The fourth-order valence-electron chi connectivity index (χ4n) is 2.41. The summed E-state index contributed by atoms with van der Waals surface area (Å²) in [6.07, 6.45) is 0.906. The first kappa shape index (κ1) is 17.9. The number of hydrogen-bond acceptors (Lipinski definition) is 5. The van der Waals surface area contributed by atoms with Crippen LogP contribution in [0.5, 0.6) is 0 Å². The van der Waals surface area contributed by atoms with E-state index in [0.717, 1.165) is 0 Å². The summed E-state index contributed by atoms with van der Waals surface area (Å²) in [4.78, 5) is 25.3. The van der Waals surface area contributed by atoms with E-state index in [4.69, 9.17) is 4.74 Å². The number of ether oxygens (including phenoxy) is 1. The zero-order valence-corrected chi connectivity index (χ0v) is 13.4. The van der Waals surface area contributed by atoms with E-state index in [1.807, 2.05) is 0 Å². The Morgan fingerprint density at radius 1 is 1.38 bits per heavy atom. The highest BCUT2D eigenvalue weighted by Gasteiger charge is 2.34. The number of carbonyl (C=O) groups excluding carboxylic acids is 2. The molecule has 1 fully saturated rings. The highest BCUT2D eigenvalue weighted by atomic mass is 32.2. The first-order chi connectivity index (χ1) is 9.89. The Bertz CT molecular complexity index is 463. The summed E-state index contributed by atoms with van der Waals surface area (Å²) in [5.74, 6) is -0.536. The molecular formula is C13H24N2O5S. The van der Waals surface area contributed by atoms with Gasteiger partial charge in [-0.15, -0.1) is 0 Å². The molecule has 1 saturated heterocycles. The molecule has 1 atom stereocenters. The first-order valence-corrected chi connectivity index (χ1v) is 8.97. The summed E-state index contributed by atoms with van der Waals surface area (Å²) in [6.45, 7) is 3.22. The molecule has 21 heavy (non-hydrogen) atoms. The standard InChI is InChI=1S/C13H24N2O5S/c1-3-15(11-5-8-21(18,19)10-11)13(17)9-12(16)14-6-4-7-20-2/h11H,3-10H2,1-2H3,(H,14,16). The second-order valence-electron chi connectivity index (χ2n) is 5.11. The van der Waals surface area contributed by atoms with Crippen LogP contribution in [0.3, 0.4) is 0 Å². The van der Waals surface area contributed by atoms with Crippen molar-refractivity contribution in [1.82, 2.24) is 10.2 Å². The topological polar surface area (TPSA) is 92.8 Å². The molecule has 122 valence electrons. The molecule has 1 aliphatic heterocycles. The average Bonchev–Trinajstić information content (AvgIpc) is 2.75. The number of amides is 2. The van der Waals surface area contributed by atoms with E-state index in [1.165, 1.54) is 4.90 Å². The average molecular weight is 320 g/mol. The molecule has 0 saturated carbocycles. The van der Waals surface area contributed by atoms with Gasteiger partial charge in [0.2, 0.25) is 11.8 Å². The highest BCUT2D eigenvalue weighted by Crippen LogP contribution is 2.18. The van der Waals surface area contributed by atoms with E-state index >= 15 is 0 Å². The molecule has 0 aromatic rings. The summed E-state index contributed by atoms with van der Waals surface area (Å²) in [5.41, 5.74) is 0. The first-order valence-electron chi connectivity index (χ1n) is 7.15. The van der Waals surface area contributed by atoms with Gasteiger partial charge in [-0.3, -0.25) is 9.59 Å². The molecule has 0 bridgehead atoms. The predicted octanol–water partition coefficient (Wildman–Crippen LogP) is -0.435. The zero-order chi connectivity index (χ0) is 15.9. The van der Waals surface area contributed by atoms with E-state index in [1.54, 1.807) is 14.0 Å². The summed E-state index contributed by atoms with van der Waals surface area (Å²) >= 11 is 0. The molecule has 0 aromatic carbocycles. The Kier molecular flexibility index (Phi) is 7.10. The maximum absolute atomic E-state index is 12.1. The quantitative estimate of drug-likeness (QED) is 0.484. The third-order valence-electron chi connectivity index (χ3n) is 3.47. The van der Waals surface area contributed by atoms with Gasteiger partial charge < -0.3 is 15.0 Å². The number of sulfone groups is 1. The van der Waals surface area contributed by atoms with Gasteiger partial charge in [-0.25, -0.2) is 8.42 Å². The Hall–Kier alpha value is -1.15. The lowest BCUT2D eigenvalue weighted by Crippen LogP contribution is -2.43. The van der Waals surface area contributed by atoms with Crippen molar-refractivity contribution in [3.05, 3.63) is 0 Å². The van der Waals surface area contributed by atoms with Crippen LogP contribution >= 0.6 is 0 Å². The van der Waals surface area contributed by atoms with Gasteiger partial charge >= 0.3 is 0 Å². The van der Waals surface area contributed by atoms with E-state index in [0.29, 0.717) is 32.5 Å². The number of nitrogens with zero attached hydrogens (tertiary/aromatic N) is 1. The Labute approximate surface area is 125 Å². The normalized spacial score (nSPS) is 20.2. The van der Waals surface area contributed by atoms with Gasteiger partial charge in [0.15, 0.2) is 9.84 Å². The highest BCUT2D eigenvalue weighted by molar-refractivity contribution is 7.91. The molecule has 1 rings (SSSR count). The molecular weight excluding hydrogens is 296 g/mol. The van der Waals surface area contributed by atoms with Crippen LogP contribution in [0.4, 0.5) is 0 Å². The second kappa shape index (κ2) is 8.33. The van der Waals surface area contributed by atoms with Crippen LogP contribution in [0.1, 0.15) is 26.2 Å². The molecule has 7 nitrogen and oxygen atoms in total. The summed E-state index contributed by atoms with van der Waals surface area (Å²) < 4.78 is 27.8. The van der Waals surface area contributed by atoms with Gasteiger partial charge in [-0.1, -0.05) is 0 Å². The van der Waals surface area contributed by atoms with Gasteiger partial charge in [-0.2, -0.15) is 0 Å². The molecule has 1 aliphatic rings. The van der Waals surface area contributed by atoms with Crippen LogP contribution in [0.2, 0.25) is 0 Å². The van der Waals surface area contributed by atoms with E-state index in [2.05, 4.69) is 5.32 Å². The third kappa shape index (κ3) is 6.01. The zero-order valence-electron chi connectivity index (χ0n) is 12.6. The molecule has 0 spiro atoms. The van der Waals surface area contributed by atoms with E-state index < -0.39 is 9.84 Å². The van der Waals surface area contributed by atoms with Gasteiger partial charge in [-0.05, 0) is 19.8 Å². The van der Waals surface area contributed by atoms with Gasteiger partial charge in [0.1, 0.15) is 6.42 Å². The summed E-state index contributed by atoms with van der Waals surface area (Å²) in [6, 6.07) is -0.297.